The molecule has 0 aliphatic carbocycles. The molecule has 1 aromatic carbocycles. The van der Waals surface area contributed by atoms with Crippen molar-refractivity contribution in [2.24, 2.45) is 4.99 Å². The minimum absolute atomic E-state index is 0.132. The second kappa shape index (κ2) is 12.8. The summed E-state index contributed by atoms with van der Waals surface area (Å²) in [5.41, 5.74) is 1.04. The number of aliphatic imine (C=N–C) groups is 1. The lowest BCUT2D eigenvalue weighted by molar-refractivity contribution is 0.155. The van der Waals surface area contributed by atoms with Gasteiger partial charge in [-0.1, -0.05) is 19.9 Å². The highest BCUT2D eigenvalue weighted by molar-refractivity contribution is 5.80. The van der Waals surface area contributed by atoms with Crippen LogP contribution in [0.5, 0.6) is 11.5 Å². The van der Waals surface area contributed by atoms with Gasteiger partial charge in [0.05, 0.1) is 20.8 Å². The van der Waals surface area contributed by atoms with Gasteiger partial charge in [0.15, 0.2) is 17.5 Å². The van der Waals surface area contributed by atoms with Crippen LogP contribution in [0.2, 0.25) is 0 Å². The first kappa shape index (κ1) is 25.3. The molecule has 2 N–H and O–H groups in total. The number of guanidine groups is 1. The molecule has 0 radical (unpaired) electrons. The van der Waals surface area contributed by atoms with Crippen LogP contribution < -0.4 is 20.1 Å². The summed E-state index contributed by atoms with van der Waals surface area (Å²) in [5, 5.41) is 7.06. The van der Waals surface area contributed by atoms with Gasteiger partial charge in [-0.2, -0.15) is 0 Å². The standard InChI is InChI=1S/C24H42N4O3/c1-7-25-23(27-20-11-14-28(15-12-20)13-8-16-29-4)26-18-24(2,3)19-9-10-21(30-5)22(17-19)31-6/h9-10,17,20H,7-8,11-16,18H2,1-6H3,(H2,25,26,27). The molecule has 0 aromatic heterocycles. The van der Waals surface area contributed by atoms with Gasteiger partial charge in [0.2, 0.25) is 0 Å². The molecule has 31 heavy (non-hydrogen) atoms. The van der Waals surface area contributed by atoms with Crippen LogP contribution in [0.15, 0.2) is 23.2 Å². The van der Waals surface area contributed by atoms with Crippen molar-refractivity contribution in [1.29, 1.82) is 0 Å². The minimum Gasteiger partial charge on any atom is -0.493 e. The van der Waals surface area contributed by atoms with Crippen LogP contribution in [0, 0.1) is 0 Å². The van der Waals surface area contributed by atoms with E-state index < -0.39 is 0 Å². The maximum atomic E-state index is 5.48. The zero-order chi connectivity index (χ0) is 22.7. The van der Waals surface area contributed by atoms with Crippen LogP contribution in [0.1, 0.15) is 45.6 Å². The third-order valence-electron chi connectivity index (χ3n) is 5.89. The van der Waals surface area contributed by atoms with Gasteiger partial charge in [0.1, 0.15) is 0 Å². The summed E-state index contributed by atoms with van der Waals surface area (Å²) in [6, 6.07) is 6.56. The van der Waals surface area contributed by atoms with E-state index in [1.54, 1.807) is 21.3 Å². The average molecular weight is 435 g/mol. The molecule has 1 aromatic rings. The van der Waals surface area contributed by atoms with Crippen LogP contribution in [0.25, 0.3) is 0 Å². The highest BCUT2D eigenvalue weighted by Gasteiger charge is 2.24. The summed E-state index contributed by atoms with van der Waals surface area (Å²) in [5.74, 6) is 2.39. The Labute approximate surface area is 188 Å². The van der Waals surface area contributed by atoms with E-state index in [4.69, 9.17) is 19.2 Å². The maximum Gasteiger partial charge on any atom is 0.191 e. The van der Waals surface area contributed by atoms with Crippen molar-refractivity contribution < 1.29 is 14.2 Å². The van der Waals surface area contributed by atoms with Gasteiger partial charge in [-0.25, -0.2) is 0 Å². The fourth-order valence-corrected chi connectivity index (χ4v) is 3.87. The smallest absolute Gasteiger partial charge is 0.191 e. The van der Waals surface area contributed by atoms with Gasteiger partial charge in [0, 0.05) is 51.4 Å². The molecule has 176 valence electrons. The number of benzene rings is 1. The summed E-state index contributed by atoms with van der Waals surface area (Å²) in [6.07, 6.45) is 3.37. The van der Waals surface area contributed by atoms with E-state index in [0.717, 1.165) is 69.5 Å². The van der Waals surface area contributed by atoms with E-state index in [1.807, 2.05) is 12.1 Å². The molecule has 1 aliphatic heterocycles. The Morgan fingerprint density at radius 1 is 1.13 bits per heavy atom. The number of methoxy groups -OCH3 is 3. The van der Waals surface area contributed by atoms with Gasteiger partial charge in [-0.15, -0.1) is 0 Å². The number of piperidine rings is 1. The number of hydrogen-bond acceptors (Lipinski definition) is 5. The predicted molar refractivity (Wildman–Crippen MR) is 128 cm³/mol. The Kier molecular flexibility index (Phi) is 10.4. The molecule has 0 unspecified atom stereocenters. The Hall–Kier alpha value is -1.99. The van der Waals surface area contributed by atoms with Crippen LogP contribution in [0.3, 0.4) is 0 Å². The summed E-state index contributed by atoms with van der Waals surface area (Å²) in [6.45, 7) is 12.2. The molecule has 7 heteroatoms. The zero-order valence-electron chi connectivity index (χ0n) is 20.3. The third kappa shape index (κ3) is 7.89. The van der Waals surface area contributed by atoms with Crippen molar-refractivity contribution in [2.45, 2.75) is 51.5 Å². The number of rotatable bonds is 11. The molecule has 0 spiro atoms. The number of nitrogens with one attached hydrogen (secondary N) is 2. The normalized spacial score (nSPS) is 16.3. The van der Waals surface area contributed by atoms with Crippen molar-refractivity contribution >= 4 is 5.96 Å². The monoisotopic (exact) mass is 434 g/mol. The van der Waals surface area contributed by atoms with E-state index >= 15 is 0 Å². The van der Waals surface area contributed by atoms with E-state index in [1.165, 1.54) is 5.56 Å². The first-order valence-electron chi connectivity index (χ1n) is 11.4. The molecule has 0 atom stereocenters. The van der Waals surface area contributed by atoms with Crippen molar-refractivity contribution in [2.75, 3.05) is 60.7 Å². The summed E-state index contributed by atoms with van der Waals surface area (Å²) in [7, 11) is 5.10. The molecule has 1 heterocycles. The lowest BCUT2D eigenvalue weighted by atomic mass is 9.84. The van der Waals surface area contributed by atoms with E-state index in [0.29, 0.717) is 12.6 Å². The second-order valence-corrected chi connectivity index (χ2v) is 8.76. The third-order valence-corrected chi connectivity index (χ3v) is 5.89. The Morgan fingerprint density at radius 2 is 1.84 bits per heavy atom. The van der Waals surface area contributed by atoms with E-state index in [-0.39, 0.29) is 5.41 Å². The number of nitrogens with zero attached hydrogens (tertiary/aromatic N) is 2. The van der Waals surface area contributed by atoms with Crippen LogP contribution in [0.4, 0.5) is 0 Å². The van der Waals surface area contributed by atoms with Crippen molar-refractivity contribution in [3.8, 4) is 11.5 Å². The molecule has 0 bridgehead atoms. The van der Waals surface area contributed by atoms with Gasteiger partial charge < -0.3 is 29.7 Å². The first-order chi connectivity index (χ1) is 14.9. The minimum atomic E-state index is -0.132. The van der Waals surface area contributed by atoms with Gasteiger partial charge in [0.25, 0.3) is 0 Å². The van der Waals surface area contributed by atoms with Crippen LogP contribution >= 0.6 is 0 Å². The SMILES string of the molecule is CCNC(=NCC(C)(C)c1ccc(OC)c(OC)c1)NC1CCN(CCCOC)CC1. The molecule has 2 rings (SSSR count). The molecule has 1 aliphatic rings. The van der Waals surface area contributed by atoms with Gasteiger partial charge in [-0.3, -0.25) is 4.99 Å². The van der Waals surface area contributed by atoms with Crippen LogP contribution in [-0.4, -0.2) is 77.6 Å². The van der Waals surface area contributed by atoms with Crippen LogP contribution in [-0.2, 0) is 10.2 Å². The fourth-order valence-electron chi connectivity index (χ4n) is 3.87. The van der Waals surface area contributed by atoms with Gasteiger partial charge in [-0.05, 0) is 43.9 Å². The topological polar surface area (TPSA) is 67.4 Å². The summed E-state index contributed by atoms with van der Waals surface area (Å²) in [4.78, 5) is 7.45. The number of ether oxygens (including phenoxy) is 3. The van der Waals surface area contributed by atoms with Crippen molar-refractivity contribution in [3.63, 3.8) is 0 Å². The zero-order valence-corrected chi connectivity index (χ0v) is 20.3. The molecule has 7 nitrogen and oxygen atoms in total. The average Bonchev–Trinajstić information content (AvgIpc) is 2.78. The van der Waals surface area contributed by atoms with Crippen molar-refractivity contribution in [3.05, 3.63) is 23.8 Å². The summed E-state index contributed by atoms with van der Waals surface area (Å²) < 4.78 is 16.0. The number of likely N-dealkylation sites (tertiary alicyclic amines) is 1. The quantitative estimate of drug-likeness (QED) is 0.317. The lowest BCUT2D eigenvalue weighted by Gasteiger charge is -2.33. The highest BCUT2D eigenvalue weighted by atomic mass is 16.5. The Balaban J connectivity index is 1.96. The Bertz CT molecular complexity index is 685. The lowest BCUT2D eigenvalue weighted by Crippen LogP contribution is -2.49. The molecule has 0 amide bonds. The fraction of sp³-hybridized carbons (Fsp3) is 0.708. The second-order valence-electron chi connectivity index (χ2n) is 8.76. The highest BCUT2D eigenvalue weighted by Crippen LogP contribution is 2.33. The summed E-state index contributed by atoms with van der Waals surface area (Å²) >= 11 is 0. The predicted octanol–water partition coefficient (Wildman–Crippen LogP) is 3.04. The Morgan fingerprint density at radius 3 is 2.45 bits per heavy atom. The number of hydrogen-bond donors (Lipinski definition) is 2. The van der Waals surface area contributed by atoms with E-state index in [9.17, 15) is 0 Å². The van der Waals surface area contributed by atoms with Gasteiger partial charge >= 0.3 is 0 Å². The van der Waals surface area contributed by atoms with Crippen molar-refractivity contribution in [1.82, 2.24) is 15.5 Å². The molecule has 1 saturated heterocycles. The first-order valence-corrected chi connectivity index (χ1v) is 11.4. The maximum absolute atomic E-state index is 5.48. The molecule has 1 fully saturated rings. The molecule has 0 saturated carbocycles. The molecular formula is C24H42N4O3. The largest absolute Gasteiger partial charge is 0.493 e. The van der Waals surface area contributed by atoms with E-state index in [2.05, 4.69) is 42.4 Å². The molecular weight excluding hydrogens is 392 g/mol.